The van der Waals surface area contributed by atoms with Crippen LogP contribution in [0.1, 0.15) is 92.6 Å². The Hall–Kier alpha value is -0.576. The van der Waals surface area contributed by atoms with Crippen LogP contribution in [0.25, 0.3) is 26.7 Å². The van der Waals surface area contributed by atoms with Crippen LogP contribution in [-0.2, 0) is 28.1 Å². The maximum Gasteiger partial charge on any atom is 4.00 e. The topological polar surface area (TPSA) is 42.3 Å². The van der Waals surface area contributed by atoms with Crippen molar-refractivity contribution in [1.29, 1.82) is 0 Å². The fourth-order valence-corrected chi connectivity index (χ4v) is 2.82. The number of hydrogen-bond donors (Lipinski definition) is 0. The molecule has 0 unspecified atom stereocenters. The van der Waals surface area contributed by atoms with Crippen LogP contribution in [-0.4, -0.2) is 39.3 Å². The van der Waals surface area contributed by atoms with Crippen LogP contribution >= 0.6 is 0 Å². The van der Waals surface area contributed by atoms with E-state index in [0.717, 1.165) is 45.7 Å². The number of benzene rings is 1. The van der Waals surface area contributed by atoms with E-state index in [1.807, 2.05) is 0 Å². The third-order valence-electron chi connectivity index (χ3n) is 4.44. The molecule has 188 valence electrons. The first-order valence-corrected chi connectivity index (χ1v) is 13.2. The van der Waals surface area contributed by atoms with E-state index in [9.17, 15) is 0 Å². The summed E-state index contributed by atoms with van der Waals surface area (Å²) in [7, 11) is 0. The van der Waals surface area contributed by atoms with E-state index in [-0.39, 0.29) is 21.7 Å². The summed E-state index contributed by atoms with van der Waals surface area (Å²) in [5.74, 6) is 0. The number of aryl methyl sites for hydroxylation is 1. The molecule has 33 heavy (non-hydrogen) atoms. The van der Waals surface area contributed by atoms with Crippen molar-refractivity contribution >= 4 is 10.8 Å². The van der Waals surface area contributed by atoms with Gasteiger partial charge in [-0.1, -0.05) is 98.6 Å². The van der Waals surface area contributed by atoms with Crippen LogP contribution in [0, 0.1) is 0 Å². The smallest absolute Gasteiger partial charge is 0.662 e. The second kappa shape index (κ2) is 31.4. The molecule has 3 nitrogen and oxygen atoms in total. The van der Waals surface area contributed by atoms with Gasteiger partial charge in [0.15, 0.2) is 0 Å². The fourth-order valence-electron chi connectivity index (χ4n) is 2.82. The normalized spacial score (nSPS) is 9.55. The van der Waals surface area contributed by atoms with E-state index < -0.39 is 0 Å². The predicted octanol–water partition coefficient (Wildman–Crippen LogP) is 9.66. The molecule has 0 aliphatic rings. The summed E-state index contributed by atoms with van der Waals surface area (Å²) >= 11 is 0. The molecule has 0 aliphatic heterocycles. The van der Waals surface area contributed by atoms with Gasteiger partial charge in [-0.05, 0) is 6.42 Å². The molecular weight excluding hydrogens is 438 g/mol. The second-order valence-electron chi connectivity index (χ2n) is 7.81. The van der Waals surface area contributed by atoms with Gasteiger partial charge in [-0.15, -0.1) is 68.2 Å². The second-order valence-corrected chi connectivity index (χ2v) is 7.81. The van der Waals surface area contributed by atoms with Gasteiger partial charge in [0.05, 0.1) is 0 Å². The molecule has 0 radical (unpaired) electrons. The zero-order valence-corrected chi connectivity index (χ0v) is 24.6. The SMILES string of the molecule is CCC[N-]CCC.CCC[N-]CCC.CCC[N-]CCC.CCc1cccc2[cH-]ccc12.[Ti+4]. The van der Waals surface area contributed by atoms with Gasteiger partial charge < -0.3 is 16.0 Å². The summed E-state index contributed by atoms with van der Waals surface area (Å²) in [5, 5.41) is 15.4. The van der Waals surface area contributed by atoms with Crippen LogP contribution in [0.3, 0.4) is 0 Å². The Morgan fingerprint density at radius 2 is 0.970 bits per heavy atom. The quantitative estimate of drug-likeness (QED) is 0.152. The summed E-state index contributed by atoms with van der Waals surface area (Å²) in [6.45, 7) is 21.4. The first-order chi connectivity index (χ1) is 15.7. The van der Waals surface area contributed by atoms with Crippen molar-refractivity contribution < 1.29 is 21.7 Å². The molecule has 0 atom stereocenters. The van der Waals surface area contributed by atoms with E-state index in [4.69, 9.17) is 0 Å². The summed E-state index contributed by atoms with van der Waals surface area (Å²) < 4.78 is 0. The minimum absolute atomic E-state index is 0. The van der Waals surface area contributed by atoms with Gasteiger partial charge >= 0.3 is 21.7 Å². The molecule has 0 amide bonds. The van der Waals surface area contributed by atoms with Crippen molar-refractivity contribution in [2.24, 2.45) is 0 Å². The van der Waals surface area contributed by atoms with Crippen LogP contribution < -0.4 is 0 Å². The first-order valence-electron chi connectivity index (χ1n) is 13.2. The maximum absolute atomic E-state index is 4.21. The Labute approximate surface area is 222 Å². The third kappa shape index (κ3) is 24.4. The molecule has 0 fully saturated rings. The van der Waals surface area contributed by atoms with Crippen molar-refractivity contribution in [3.8, 4) is 0 Å². The average molecular weight is 492 g/mol. The molecule has 0 saturated carbocycles. The third-order valence-corrected chi connectivity index (χ3v) is 4.44. The van der Waals surface area contributed by atoms with Gasteiger partial charge in [0.1, 0.15) is 0 Å². The molecule has 2 rings (SSSR count). The molecule has 0 heterocycles. The molecule has 0 aliphatic carbocycles. The first kappa shape index (κ1) is 37.0. The summed E-state index contributed by atoms with van der Waals surface area (Å²) in [6.07, 6.45) is 8.29. The molecule has 2 aromatic rings. The Morgan fingerprint density at radius 1 is 0.576 bits per heavy atom. The van der Waals surface area contributed by atoms with Crippen LogP contribution in [0.15, 0.2) is 36.4 Å². The molecule has 0 N–H and O–H groups in total. The largest absolute Gasteiger partial charge is 4.00 e. The van der Waals surface area contributed by atoms with Crippen LogP contribution in [0.2, 0.25) is 0 Å². The van der Waals surface area contributed by atoms with E-state index in [1.54, 1.807) is 0 Å². The summed E-state index contributed by atoms with van der Waals surface area (Å²) in [4.78, 5) is 0. The van der Waals surface area contributed by atoms with Crippen LogP contribution in [0.5, 0.6) is 0 Å². The monoisotopic (exact) mass is 491 g/mol. The Morgan fingerprint density at radius 3 is 1.30 bits per heavy atom. The fraction of sp³-hybridized carbons (Fsp3) is 0.690. The maximum atomic E-state index is 4.21. The predicted molar refractivity (Wildman–Crippen MR) is 150 cm³/mol. The van der Waals surface area contributed by atoms with Gasteiger partial charge in [-0.3, -0.25) is 0 Å². The van der Waals surface area contributed by atoms with Crippen molar-refractivity contribution in [1.82, 2.24) is 0 Å². The molecule has 0 saturated heterocycles. The minimum atomic E-state index is 0. The average Bonchev–Trinajstić information content (AvgIpc) is 3.31. The molecule has 0 bridgehead atoms. The number of fused-ring (bicyclic) bond motifs is 1. The number of nitrogens with zero attached hydrogens (tertiary/aromatic N) is 3. The zero-order valence-electron chi connectivity index (χ0n) is 23.0. The Balaban J connectivity index is -0.000000371. The molecule has 0 spiro atoms. The number of hydrogen-bond acceptors (Lipinski definition) is 0. The summed E-state index contributed by atoms with van der Waals surface area (Å²) in [5.41, 5.74) is 1.45. The minimum Gasteiger partial charge on any atom is -0.662 e. The number of rotatable bonds is 13. The zero-order chi connectivity index (χ0) is 24.3. The summed E-state index contributed by atoms with van der Waals surface area (Å²) in [6, 6.07) is 12.9. The van der Waals surface area contributed by atoms with Gasteiger partial charge in [0, 0.05) is 0 Å². The molecular formula is C29H53N3Ti. The van der Waals surface area contributed by atoms with Gasteiger partial charge in [0.25, 0.3) is 0 Å². The molecule has 2 aromatic carbocycles. The van der Waals surface area contributed by atoms with Gasteiger partial charge in [0.2, 0.25) is 0 Å². The van der Waals surface area contributed by atoms with Crippen molar-refractivity contribution in [2.45, 2.75) is 93.4 Å². The Kier molecular flexibility index (Phi) is 35.2. The van der Waals surface area contributed by atoms with Crippen molar-refractivity contribution in [3.05, 3.63) is 57.9 Å². The van der Waals surface area contributed by atoms with Crippen molar-refractivity contribution in [2.75, 3.05) is 39.3 Å². The van der Waals surface area contributed by atoms with Gasteiger partial charge in [-0.2, -0.15) is 12.1 Å². The van der Waals surface area contributed by atoms with E-state index in [1.165, 1.54) is 54.9 Å². The molecule has 0 aromatic heterocycles. The Bertz CT molecular complexity index is 547. The van der Waals surface area contributed by atoms with E-state index in [0.29, 0.717) is 0 Å². The van der Waals surface area contributed by atoms with Crippen LogP contribution in [0.4, 0.5) is 0 Å². The standard InChI is InChI=1S/C11H11.3C6H14N.Ti/c1-2-9-5-3-6-10-7-4-8-11(9)10;3*1-3-5-7-6-4-2;/h3-8H,2H2,1H3;3*3-6H2,1-2H3;/q4*-1;+4. The molecule has 4 heteroatoms. The van der Waals surface area contributed by atoms with Gasteiger partial charge in [-0.25, -0.2) is 0 Å². The van der Waals surface area contributed by atoms with E-state index >= 15 is 0 Å². The van der Waals surface area contributed by atoms with E-state index in [2.05, 4.69) is 101 Å². The van der Waals surface area contributed by atoms with Crippen molar-refractivity contribution in [3.63, 3.8) is 0 Å².